The average Bonchev–Trinajstić information content (AvgIpc) is 1.55. The predicted molar refractivity (Wildman–Crippen MR) is 506 cm³/mol. The van der Waals surface area contributed by atoms with Crippen molar-refractivity contribution in [3.8, 4) is 0 Å². The van der Waals surface area contributed by atoms with Crippen molar-refractivity contribution >= 4 is 167 Å². The van der Waals surface area contributed by atoms with Crippen LogP contribution in [0.2, 0.25) is 0 Å². The number of sulfone groups is 2. The van der Waals surface area contributed by atoms with Crippen molar-refractivity contribution in [1.29, 1.82) is 0 Å². The summed E-state index contributed by atoms with van der Waals surface area (Å²) >= 11 is 4.24. The van der Waals surface area contributed by atoms with Gasteiger partial charge in [0.2, 0.25) is 9.05 Å². The number of rotatable bonds is 15. The van der Waals surface area contributed by atoms with Crippen LogP contribution in [-0.4, -0.2) is 200 Å². The molecule has 6 aliphatic rings. The van der Waals surface area contributed by atoms with E-state index in [0.717, 1.165) is 136 Å². The number of nitrogens with zero attached hydrogens (tertiary/aromatic N) is 7. The summed E-state index contributed by atoms with van der Waals surface area (Å²) in [4.78, 5) is 61.1. The summed E-state index contributed by atoms with van der Waals surface area (Å²) in [5, 5.41) is 28.6. The van der Waals surface area contributed by atoms with E-state index in [0.29, 0.717) is 42.7 Å². The third-order valence-electron chi connectivity index (χ3n) is 22.8. The van der Waals surface area contributed by atoms with Gasteiger partial charge in [-0.25, -0.2) is 67.2 Å². The first-order valence-electron chi connectivity index (χ1n) is 39.8. The van der Waals surface area contributed by atoms with Crippen molar-refractivity contribution in [2.75, 3.05) is 64.3 Å². The van der Waals surface area contributed by atoms with E-state index in [1.54, 1.807) is 10.5 Å². The first kappa shape index (κ1) is 107. The molecule has 5 N–H and O–H groups in total. The van der Waals surface area contributed by atoms with Gasteiger partial charge in [0.15, 0.2) is 9.84 Å². The number of carbonyl (C=O) groups is 4. The summed E-state index contributed by atoms with van der Waals surface area (Å²) in [6.45, 7) is 9.87. The highest BCUT2D eigenvalue weighted by Crippen LogP contribution is 2.48. The third kappa shape index (κ3) is 32.3. The van der Waals surface area contributed by atoms with Gasteiger partial charge in [0.25, 0.3) is 5.91 Å². The Hall–Kier alpha value is -7.44. The minimum Gasteiger partial charge on any atom is -0.478 e. The minimum atomic E-state index is -4.19. The number of aromatic carboxylic acids is 3. The third-order valence-corrected chi connectivity index (χ3v) is 24.0. The highest BCUT2D eigenvalue weighted by atomic mass is 128. The highest BCUT2D eigenvalue weighted by molar-refractivity contribution is 15.0. The molecule has 16 rings (SSSR count). The van der Waals surface area contributed by atoms with Gasteiger partial charge in [-0.15, -0.1) is 24.8 Å². The number of hydrogen-bond acceptors (Lipinski definition) is 17. The molecule has 126 heavy (non-hydrogen) atoms. The van der Waals surface area contributed by atoms with Gasteiger partial charge in [-0.3, -0.25) is 19.1 Å². The van der Waals surface area contributed by atoms with Crippen LogP contribution < -0.4 is 5.32 Å². The number of aromatic nitrogens is 4. The zero-order valence-corrected chi connectivity index (χ0v) is 80.7. The van der Waals surface area contributed by atoms with Crippen LogP contribution in [-0.2, 0) is 48.9 Å². The number of hydrogen-bond donors (Lipinski definition) is 5. The van der Waals surface area contributed by atoms with Gasteiger partial charge >= 0.3 is 27.2 Å². The second-order valence-corrected chi connectivity index (χ2v) is 40.8. The van der Waals surface area contributed by atoms with E-state index in [4.69, 9.17) is 38.3 Å². The highest BCUT2D eigenvalue weighted by Gasteiger charge is 2.46. The normalized spacial score (nSPS) is 19.1. The van der Waals surface area contributed by atoms with Crippen molar-refractivity contribution < 1.29 is 90.3 Å². The molecule has 4 unspecified atom stereocenters. The van der Waals surface area contributed by atoms with Crippen molar-refractivity contribution in [2.45, 2.75) is 156 Å². The predicted octanol–water partition coefficient (Wildman–Crippen LogP) is 18.6. The van der Waals surface area contributed by atoms with Gasteiger partial charge in [-0.1, -0.05) is 103 Å². The molecule has 8 heterocycles. The molecule has 0 radical (unpaired) electrons. The van der Waals surface area contributed by atoms with Crippen LogP contribution in [0, 0.1) is 37.1 Å². The number of fused-ring (bicyclic) bond motifs is 6. The maximum atomic E-state index is 14.2. The van der Waals surface area contributed by atoms with E-state index in [-0.39, 0.29) is 57.4 Å². The molecule has 4 bridgehead atoms. The van der Waals surface area contributed by atoms with Crippen molar-refractivity contribution in [3.63, 3.8) is 0 Å². The number of carboxylic acid groups (broad SMARTS) is 3. The number of nitrogens with one attached hydrogen (secondary N) is 1. The van der Waals surface area contributed by atoms with Gasteiger partial charge in [0.05, 0.1) is 55.5 Å². The van der Waals surface area contributed by atoms with Gasteiger partial charge in [-0.05, 0) is 249 Å². The lowest BCUT2D eigenvalue weighted by Gasteiger charge is -2.45. The van der Waals surface area contributed by atoms with Crippen LogP contribution >= 0.6 is 83.4 Å². The standard InChI is InChI=1S/C36H41FN4O3S.C28H36N4.3C7H5FO2.C2H6O2S.CH3ClO2S.ClHO3S.2ClH.I2/c1-25-38-32-10-6-7-11-33(32)41(25)30-23-28-13-14-29(24-30)40(28)21-18-36(26-8-4-3-5-9-26)16-19-39(20-17-36)35(42)31-22-27(37)12-15-34(31)45(2,43)44;1-21-30-26-9-5-6-10-27(26)32(21)25-19-23-11-12-24(20-25)31(23)18-15-28(13-16-29-17-14-28)22-7-3-2-4-8-22;3*8-6-3-1-2-5(4-6)7(9)10;3*1-5(2,3)4;;;1-2/h3-12,15,22,28-30H,13-14,16-21,23-24H2,1-2H3;2-10,23-25,29H,11-20H2,1H3;3*1-4H,(H,9,10);1-2H3;1H3;(H,2,3,4);2*1H;. The van der Waals surface area contributed by atoms with Crippen LogP contribution in [0.3, 0.4) is 0 Å². The molecule has 0 aliphatic carbocycles. The summed E-state index contributed by atoms with van der Waals surface area (Å²) in [5.74, 6) is -3.67. The van der Waals surface area contributed by atoms with Crippen LogP contribution in [0.4, 0.5) is 17.6 Å². The smallest absolute Gasteiger partial charge is 0.353 e. The van der Waals surface area contributed by atoms with Gasteiger partial charge in [0, 0.05) is 127 Å². The lowest BCUT2D eigenvalue weighted by atomic mass is 9.70. The molecule has 0 spiro atoms. The number of aryl methyl sites for hydroxylation is 2. The summed E-state index contributed by atoms with van der Waals surface area (Å²) in [6.07, 6.45) is 20.7. The van der Waals surface area contributed by atoms with Gasteiger partial charge < -0.3 is 34.7 Å². The maximum Gasteiger partial charge on any atom is 0.353 e. The first-order chi connectivity index (χ1) is 58.5. The van der Waals surface area contributed by atoms with Gasteiger partial charge in [-0.2, -0.15) is 8.42 Å². The molecule has 2 aromatic heterocycles. The Labute approximate surface area is 778 Å². The van der Waals surface area contributed by atoms with Crippen molar-refractivity contribution in [1.82, 2.24) is 39.1 Å². The molecule has 6 aliphatic heterocycles. The first-order valence-corrected chi connectivity index (χ1v) is 55.2. The number of benzene rings is 8. The lowest BCUT2D eigenvalue weighted by molar-refractivity contribution is 0.0601. The average molecular weight is 2130 g/mol. The van der Waals surface area contributed by atoms with Crippen molar-refractivity contribution in [3.05, 3.63) is 268 Å². The zero-order valence-electron chi connectivity index (χ0n) is 70.0. The number of para-hydroxylation sites is 4. The van der Waals surface area contributed by atoms with Crippen LogP contribution in [0.1, 0.15) is 166 Å². The van der Waals surface area contributed by atoms with Crippen LogP contribution in [0.5, 0.6) is 0 Å². The number of carbonyl (C=O) groups excluding carboxylic acids is 1. The fourth-order valence-electron chi connectivity index (χ4n) is 17.6. The van der Waals surface area contributed by atoms with Crippen LogP contribution in [0.15, 0.2) is 205 Å². The molecular weight excluding hydrogens is 2020 g/mol. The Morgan fingerprint density at radius 1 is 0.460 bits per heavy atom. The number of imidazole rings is 2. The molecule has 6 fully saturated rings. The topological polar surface area (TPSA) is 343 Å². The molecular formula is C88H104Cl4F4I2N8O16S4. The second-order valence-electron chi connectivity index (χ2n) is 31.5. The molecule has 6 saturated heterocycles. The van der Waals surface area contributed by atoms with E-state index < -0.39 is 85.1 Å². The molecule has 1 amide bonds. The minimum absolute atomic E-state index is 0. The molecule has 10 aromatic rings. The monoisotopic (exact) mass is 2130 g/mol. The van der Waals surface area contributed by atoms with E-state index in [2.05, 4.69) is 200 Å². The Bertz CT molecular complexity index is 5520. The number of amides is 1. The fourth-order valence-corrected chi connectivity index (χ4v) is 18.5. The number of piperidine rings is 4. The maximum absolute atomic E-state index is 14.2. The van der Waals surface area contributed by atoms with E-state index >= 15 is 0 Å². The number of carboxylic acids is 3. The quantitative estimate of drug-likeness (QED) is 0.0209. The largest absolute Gasteiger partial charge is 0.478 e. The molecule has 8 aromatic carbocycles. The summed E-state index contributed by atoms with van der Waals surface area (Å²) in [5.41, 5.74) is 7.73. The van der Waals surface area contributed by atoms with E-state index in [1.165, 1.54) is 147 Å². The van der Waals surface area contributed by atoms with Crippen molar-refractivity contribution in [2.24, 2.45) is 0 Å². The zero-order chi connectivity index (χ0) is 91.1. The molecule has 24 nitrogen and oxygen atoms in total. The number of halogens is 10. The number of likely N-dealkylation sites (tertiary alicyclic amines) is 1. The van der Waals surface area contributed by atoms with E-state index in [1.807, 2.05) is 6.07 Å². The Morgan fingerprint density at radius 3 is 1.08 bits per heavy atom. The molecule has 38 heteroatoms. The van der Waals surface area contributed by atoms with E-state index in [9.17, 15) is 62.0 Å². The second kappa shape index (κ2) is 49.0. The summed E-state index contributed by atoms with van der Waals surface area (Å²) in [7, 11) is -5.18. The SMILES string of the molecule is CS(=O)(=O)Cl.CS(C)(=O)=O.Cc1nc2ccccc2n1C1CC2CCC(C1)N2CCC1(c2ccccc2)CCN(C(=O)c2cc(F)ccc2S(C)(=O)=O)CC1.Cc1nc2ccccc2n1C1CC2CCC(C1)N2CCC1(c2ccccc2)CCNCC1.Cl.Cl.II.O=C(O)c1cccc(F)c1.O=C(O)c1cccc(F)c1.O=C(O)c1cccc(F)c1.O=S(=O)(O)Cl. The molecule has 686 valence electrons. The molecule has 4 atom stereocenters. The Kier molecular flexibility index (Phi) is 41.7. The van der Waals surface area contributed by atoms with Crippen LogP contribution in [0.25, 0.3) is 22.1 Å². The summed E-state index contributed by atoms with van der Waals surface area (Å²) in [6, 6.07) is 60.7. The molecule has 0 saturated carbocycles. The fraction of sp³-hybridized carbons (Fsp3) is 0.386. The Morgan fingerprint density at radius 2 is 0.770 bits per heavy atom. The lowest BCUT2D eigenvalue weighted by Crippen LogP contribution is -2.49. The Balaban J connectivity index is 0.000000260. The van der Waals surface area contributed by atoms with Gasteiger partial charge in [0.1, 0.15) is 44.8 Å². The summed E-state index contributed by atoms with van der Waals surface area (Å²) < 4.78 is 144.